The molecule has 1 aromatic rings. The Kier molecular flexibility index (Phi) is 5.73. The minimum atomic E-state index is -1.08. The van der Waals surface area contributed by atoms with Crippen LogP contribution in [0, 0.1) is 11.3 Å². The van der Waals surface area contributed by atoms with E-state index in [4.69, 9.17) is 5.11 Å². The highest BCUT2D eigenvalue weighted by atomic mass is 16.4. The zero-order chi connectivity index (χ0) is 16.0. The van der Waals surface area contributed by atoms with Crippen molar-refractivity contribution in [2.45, 2.75) is 26.8 Å². The molecule has 1 aromatic carbocycles. The second-order valence-corrected chi connectivity index (χ2v) is 4.89. The number of carboxylic acid groups (broad SMARTS) is 1. The molecule has 0 radical (unpaired) electrons. The van der Waals surface area contributed by atoms with Gasteiger partial charge in [-0.2, -0.15) is 5.26 Å². The Morgan fingerprint density at radius 1 is 1.43 bits per heavy atom. The number of hydrogen-bond acceptors (Lipinski definition) is 4. The van der Waals surface area contributed by atoms with Crippen molar-refractivity contribution in [1.29, 1.82) is 5.26 Å². The standard InChI is InChI=1S/C15H19N3O3/c1-4-18(9-14(19)17-10(2)3)13-6-5-11(15(20)21)7-12(13)8-16/h5-7,10H,4,9H2,1-3H3,(H,17,19)(H,20,21). The topological polar surface area (TPSA) is 93.4 Å². The highest BCUT2D eigenvalue weighted by Crippen LogP contribution is 2.21. The van der Waals surface area contributed by atoms with Gasteiger partial charge in [0.05, 0.1) is 23.4 Å². The smallest absolute Gasteiger partial charge is 0.335 e. The molecule has 0 aliphatic rings. The molecule has 0 unspecified atom stereocenters. The number of carbonyl (C=O) groups excluding carboxylic acids is 1. The van der Waals surface area contributed by atoms with Gasteiger partial charge in [-0.05, 0) is 39.0 Å². The van der Waals surface area contributed by atoms with Crippen molar-refractivity contribution in [3.05, 3.63) is 29.3 Å². The van der Waals surface area contributed by atoms with E-state index in [9.17, 15) is 14.9 Å². The molecule has 1 amide bonds. The SMILES string of the molecule is CCN(CC(=O)NC(C)C)c1ccc(C(=O)O)cc1C#N. The zero-order valence-electron chi connectivity index (χ0n) is 12.4. The molecule has 6 nitrogen and oxygen atoms in total. The molecular weight excluding hydrogens is 270 g/mol. The highest BCUT2D eigenvalue weighted by molar-refractivity contribution is 5.89. The number of nitrogens with zero attached hydrogens (tertiary/aromatic N) is 2. The minimum Gasteiger partial charge on any atom is -0.478 e. The average molecular weight is 289 g/mol. The quantitative estimate of drug-likeness (QED) is 0.829. The molecule has 0 saturated heterocycles. The Balaban J connectivity index is 3.03. The van der Waals surface area contributed by atoms with E-state index in [1.807, 2.05) is 26.8 Å². The van der Waals surface area contributed by atoms with Gasteiger partial charge in [0.15, 0.2) is 0 Å². The number of nitriles is 1. The monoisotopic (exact) mass is 289 g/mol. The maximum Gasteiger partial charge on any atom is 0.335 e. The largest absolute Gasteiger partial charge is 0.478 e. The third-order valence-electron chi connectivity index (χ3n) is 2.87. The molecular formula is C15H19N3O3. The summed E-state index contributed by atoms with van der Waals surface area (Å²) in [6, 6.07) is 6.34. The molecule has 0 bridgehead atoms. The molecule has 0 aromatic heterocycles. The molecule has 112 valence electrons. The van der Waals surface area contributed by atoms with Crippen LogP contribution in [0.2, 0.25) is 0 Å². The Morgan fingerprint density at radius 3 is 2.57 bits per heavy atom. The predicted octanol–water partition coefficient (Wildman–Crippen LogP) is 1.61. The molecule has 0 aliphatic carbocycles. The Morgan fingerprint density at radius 2 is 2.10 bits per heavy atom. The van der Waals surface area contributed by atoms with E-state index in [2.05, 4.69) is 5.32 Å². The summed E-state index contributed by atoms with van der Waals surface area (Å²) in [6.45, 7) is 6.27. The molecule has 21 heavy (non-hydrogen) atoms. The van der Waals surface area contributed by atoms with Gasteiger partial charge < -0.3 is 15.3 Å². The summed E-state index contributed by atoms with van der Waals surface area (Å²) >= 11 is 0. The lowest BCUT2D eigenvalue weighted by molar-refractivity contribution is -0.120. The fourth-order valence-electron chi connectivity index (χ4n) is 1.94. The highest BCUT2D eigenvalue weighted by Gasteiger charge is 2.16. The van der Waals surface area contributed by atoms with E-state index in [0.717, 1.165) is 0 Å². The van der Waals surface area contributed by atoms with E-state index >= 15 is 0 Å². The summed E-state index contributed by atoms with van der Waals surface area (Å²) in [7, 11) is 0. The fourth-order valence-corrected chi connectivity index (χ4v) is 1.94. The van der Waals surface area contributed by atoms with Gasteiger partial charge in [-0.3, -0.25) is 4.79 Å². The number of anilines is 1. The van der Waals surface area contributed by atoms with Gasteiger partial charge in [0.2, 0.25) is 5.91 Å². The van der Waals surface area contributed by atoms with Crippen molar-refractivity contribution in [3.63, 3.8) is 0 Å². The molecule has 6 heteroatoms. The molecule has 0 heterocycles. The van der Waals surface area contributed by atoms with Crippen molar-refractivity contribution in [2.75, 3.05) is 18.0 Å². The van der Waals surface area contributed by atoms with Gasteiger partial charge in [0, 0.05) is 12.6 Å². The number of carbonyl (C=O) groups is 2. The zero-order valence-corrected chi connectivity index (χ0v) is 12.4. The molecule has 0 fully saturated rings. The summed E-state index contributed by atoms with van der Waals surface area (Å²) < 4.78 is 0. The molecule has 0 saturated carbocycles. The van der Waals surface area contributed by atoms with Gasteiger partial charge in [0.1, 0.15) is 6.07 Å². The van der Waals surface area contributed by atoms with Crippen LogP contribution in [-0.2, 0) is 4.79 Å². The molecule has 2 N–H and O–H groups in total. The first-order chi connectivity index (χ1) is 9.88. The lowest BCUT2D eigenvalue weighted by atomic mass is 10.1. The van der Waals surface area contributed by atoms with Crippen LogP contribution in [0.4, 0.5) is 5.69 Å². The molecule has 0 atom stereocenters. The Labute approximate surface area is 124 Å². The maximum absolute atomic E-state index is 11.8. The number of likely N-dealkylation sites (N-methyl/N-ethyl adjacent to an activating group) is 1. The van der Waals surface area contributed by atoms with Crippen molar-refractivity contribution in [1.82, 2.24) is 5.32 Å². The second kappa shape index (κ2) is 7.29. The number of aromatic carboxylic acids is 1. The van der Waals surface area contributed by atoms with Crippen molar-refractivity contribution in [2.24, 2.45) is 0 Å². The Bertz CT molecular complexity index is 576. The number of amides is 1. The third-order valence-corrected chi connectivity index (χ3v) is 2.87. The lowest BCUT2D eigenvalue weighted by Gasteiger charge is -2.24. The summed E-state index contributed by atoms with van der Waals surface area (Å²) in [6.07, 6.45) is 0. The normalized spacial score (nSPS) is 10.0. The van der Waals surface area contributed by atoms with Crippen LogP contribution in [0.5, 0.6) is 0 Å². The summed E-state index contributed by atoms with van der Waals surface area (Å²) in [5.74, 6) is -1.23. The van der Waals surface area contributed by atoms with E-state index in [0.29, 0.717) is 12.2 Å². The molecule has 0 spiro atoms. The van der Waals surface area contributed by atoms with E-state index < -0.39 is 5.97 Å². The van der Waals surface area contributed by atoms with Crippen molar-refractivity contribution >= 4 is 17.6 Å². The molecule has 0 aliphatic heterocycles. The van der Waals surface area contributed by atoms with Gasteiger partial charge in [-0.1, -0.05) is 0 Å². The second-order valence-electron chi connectivity index (χ2n) is 4.89. The van der Waals surface area contributed by atoms with Gasteiger partial charge in [-0.15, -0.1) is 0 Å². The Hall–Kier alpha value is -2.55. The van der Waals surface area contributed by atoms with E-state index in [-0.39, 0.29) is 29.6 Å². The fraction of sp³-hybridized carbons (Fsp3) is 0.400. The van der Waals surface area contributed by atoms with Crippen LogP contribution < -0.4 is 10.2 Å². The summed E-state index contributed by atoms with van der Waals surface area (Å²) in [5, 5.41) is 20.9. The van der Waals surface area contributed by atoms with Crippen LogP contribution in [0.1, 0.15) is 36.7 Å². The number of nitrogens with one attached hydrogen (secondary N) is 1. The van der Waals surface area contributed by atoms with Crippen molar-refractivity contribution in [3.8, 4) is 6.07 Å². The minimum absolute atomic E-state index is 0.0426. The van der Waals surface area contributed by atoms with Crippen LogP contribution >= 0.6 is 0 Å². The molecule has 1 rings (SSSR count). The number of hydrogen-bond donors (Lipinski definition) is 2. The number of benzene rings is 1. The van der Waals surface area contributed by atoms with Gasteiger partial charge in [-0.25, -0.2) is 4.79 Å². The van der Waals surface area contributed by atoms with E-state index in [1.54, 1.807) is 11.0 Å². The summed E-state index contributed by atoms with van der Waals surface area (Å²) in [4.78, 5) is 24.5. The van der Waals surface area contributed by atoms with Gasteiger partial charge in [0.25, 0.3) is 0 Å². The number of carboxylic acids is 1. The first-order valence-corrected chi connectivity index (χ1v) is 6.70. The van der Waals surface area contributed by atoms with Gasteiger partial charge >= 0.3 is 5.97 Å². The predicted molar refractivity (Wildman–Crippen MR) is 79.3 cm³/mol. The third kappa shape index (κ3) is 4.49. The summed E-state index contributed by atoms with van der Waals surface area (Å²) in [5.41, 5.74) is 0.857. The first-order valence-electron chi connectivity index (χ1n) is 6.70. The van der Waals surface area contributed by atoms with Crippen LogP contribution in [-0.4, -0.2) is 36.1 Å². The van der Waals surface area contributed by atoms with Crippen LogP contribution in [0.3, 0.4) is 0 Å². The van der Waals surface area contributed by atoms with E-state index in [1.165, 1.54) is 12.1 Å². The average Bonchev–Trinajstić information content (AvgIpc) is 2.43. The first kappa shape index (κ1) is 16.5. The lowest BCUT2D eigenvalue weighted by Crippen LogP contribution is -2.40. The van der Waals surface area contributed by atoms with Crippen LogP contribution in [0.25, 0.3) is 0 Å². The van der Waals surface area contributed by atoms with Crippen LogP contribution in [0.15, 0.2) is 18.2 Å². The maximum atomic E-state index is 11.8. The van der Waals surface area contributed by atoms with Crippen molar-refractivity contribution < 1.29 is 14.7 Å². The number of rotatable bonds is 6.